The number of nitrogens with one attached hydrogen (secondary N) is 1. The fraction of sp³-hybridized carbons (Fsp3) is 0.500. The van der Waals surface area contributed by atoms with Gasteiger partial charge in [0.05, 0.1) is 16.3 Å². The third-order valence-corrected chi connectivity index (χ3v) is 3.53. The van der Waals surface area contributed by atoms with Gasteiger partial charge in [0.2, 0.25) is 0 Å². The van der Waals surface area contributed by atoms with Crippen molar-refractivity contribution in [1.82, 2.24) is 10.2 Å². The summed E-state index contributed by atoms with van der Waals surface area (Å²) in [5.41, 5.74) is 5.31. The Balaban J connectivity index is 2.51. The zero-order valence-corrected chi connectivity index (χ0v) is 12.5. The van der Waals surface area contributed by atoms with Gasteiger partial charge in [-0.05, 0) is 46.1 Å². The molecule has 1 rings (SSSR count). The molecule has 1 amide bonds. The largest absolute Gasteiger partial charge is 0.349 e. The molecule has 1 heterocycles. The van der Waals surface area contributed by atoms with Crippen molar-refractivity contribution in [2.45, 2.75) is 19.4 Å². The van der Waals surface area contributed by atoms with Crippen LogP contribution >= 0.6 is 11.3 Å². The van der Waals surface area contributed by atoms with Gasteiger partial charge in [-0.1, -0.05) is 11.8 Å². The third-order valence-electron chi connectivity index (χ3n) is 2.53. The molecule has 3 N–H and O–H groups in total. The van der Waals surface area contributed by atoms with Crippen molar-refractivity contribution < 1.29 is 4.79 Å². The van der Waals surface area contributed by atoms with Gasteiger partial charge in [0.25, 0.3) is 5.91 Å². The molecular weight excluding hydrogens is 258 g/mol. The predicted molar refractivity (Wildman–Crippen MR) is 80.4 cm³/mol. The first-order chi connectivity index (χ1) is 9.02. The average Bonchev–Trinajstić information content (AvgIpc) is 2.82. The van der Waals surface area contributed by atoms with Crippen LogP contribution in [0.3, 0.4) is 0 Å². The molecule has 19 heavy (non-hydrogen) atoms. The number of hydrogen-bond acceptors (Lipinski definition) is 4. The van der Waals surface area contributed by atoms with Crippen LogP contribution in [0, 0.1) is 11.8 Å². The number of carbonyl (C=O) groups is 1. The lowest BCUT2D eigenvalue weighted by Crippen LogP contribution is -2.34. The van der Waals surface area contributed by atoms with Gasteiger partial charge in [-0.15, -0.1) is 11.3 Å². The molecule has 1 aromatic rings. The molecule has 0 aromatic carbocycles. The average molecular weight is 279 g/mol. The molecule has 0 saturated heterocycles. The van der Waals surface area contributed by atoms with Gasteiger partial charge in [0, 0.05) is 6.04 Å². The SMILES string of the molecule is CC(CCN(C)C)NC(=O)c1ccc(C#CCN)s1. The molecule has 0 radical (unpaired) electrons. The molecule has 1 atom stereocenters. The van der Waals surface area contributed by atoms with E-state index in [0.717, 1.165) is 17.8 Å². The molecule has 0 bridgehead atoms. The molecular formula is C14H21N3OS. The van der Waals surface area contributed by atoms with E-state index >= 15 is 0 Å². The van der Waals surface area contributed by atoms with E-state index in [4.69, 9.17) is 5.73 Å². The summed E-state index contributed by atoms with van der Waals surface area (Å²) in [7, 11) is 4.05. The quantitative estimate of drug-likeness (QED) is 0.794. The molecule has 1 aromatic heterocycles. The maximum Gasteiger partial charge on any atom is 0.261 e. The number of nitrogens with zero attached hydrogens (tertiary/aromatic N) is 1. The highest BCUT2D eigenvalue weighted by atomic mass is 32.1. The summed E-state index contributed by atoms with van der Waals surface area (Å²) in [5.74, 6) is 5.68. The Labute approximate surface area is 119 Å². The molecule has 5 heteroatoms. The topological polar surface area (TPSA) is 58.4 Å². The predicted octanol–water partition coefficient (Wildman–Crippen LogP) is 1.13. The maximum atomic E-state index is 12.0. The molecule has 1 unspecified atom stereocenters. The zero-order valence-electron chi connectivity index (χ0n) is 11.7. The molecule has 0 spiro atoms. The van der Waals surface area contributed by atoms with Crippen LogP contribution in [-0.2, 0) is 0 Å². The summed E-state index contributed by atoms with van der Waals surface area (Å²) in [6.07, 6.45) is 0.934. The highest BCUT2D eigenvalue weighted by Crippen LogP contribution is 2.15. The lowest BCUT2D eigenvalue weighted by molar-refractivity contribution is 0.0941. The van der Waals surface area contributed by atoms with Gasteiger partial charge in [-0.25, -0.2) is 0 Å². The molecule has 0 aliphatic heterocycles. The van der Waals surface area contributed by atoms with Crippen molar-refractivity contribution in [2.75, 3.05) is 27.2 Å². The van der Waals surface area contributed by atoms with Crippen LogP contribution in [0.5, 0.6) is 0 Å². The Morgan fingerprint density at radius 3 is 2.89 bits per heavy atom. The van der Waals surface area contributed by atoms with E-state index in [9.17, 15) is 4.79 Å². The van der Waals surface area contributed by atoms with E-state index in [1.54, 1.807) is 6.07 Å². The third kappa shape index (κ3) is 5.88. The minimum atomic E-state index is -0.0305. The van der Waals surface area contributed by atoms with Crippen LogP contribution in [0.2, 0.25) is 0 Å². The summed E-state index contributed by atoms with van der Waals surface area (Å²) in [6, 6.07) is 3.82. The zero-order chi connectivity index (χ0) is 14.3. The lowest BCUT2D eigenvalue weighted by atomic mass is 10.2. The molecule has 0 aliphatic rings. The van der Waals surface area contributed by atoms with Crippen molar-refractivity contribution in [1.29, 1.82) is 0 Å². The Morgan fingerprint density at radius 1 is 1.53 bits per heavy atom. The summed E-state index contributed by atoms with van der Waals surface area (Å²) in [4.78, 5) is 15.7. The number of rotatable bonds is 5. The van der Waals surface area contributed by atoms with E-state index in [2.05, 4.69) is 22.1 Å². The minimum Gasteiger partial charge on any atom is -0.349 e. The van der Waals surface area contributed by atoms with Crippen LogP contribution in [0.25, 0.3) is 0 Å². The number of hydrogen-bond donors (Lipinski definition) is 2. The van der Waals surface area contributed by atoms with E-state index < -0.39 is 0 Å². The van der Waals surface area contributed by atoms with E-state index in [1.165, 1.54) is 11.3 Å². The molecule has 4 nitrogen and oxygen atoms in total. The van der Waals surface area contributed by atoms with Crippen LogP contribution in [0.15, 0.2) is 12.1 Å². The van der Waals surface area contributed by atoms with Crippen LogP contribution in [-0.4, -0.2) is 44.0 Å². The second-order valence-corrected chi connectivity index (χ2v) is 5.72. The van der Waals surface area contributed by atoms with Crippen LogP contribution in [0.4, 0.5) is 0 Å². The van der Waals surface area contributed by atoms with Crippen molar-refractivity contribution in [3.8, 4) is 11.8 Å². The molecule has 0 fully saturated rings. The summed E-state index contributed by atoms with van der Waals surface area (Å²) in [5, 5.41) is 2.99. The van der Waals surface area contributed by atoms with Gasteiger partial charge >= 0.3 is 0 Å². The van der Waals surface area contributed by atoms with E-state index in [-0.39, 0.29) is 11.9 Å². The monoisotopic (exact) mass is 279 g/mol. The second-order valence-electron chi connectivity index (χ2n) is 4.64. The summed E-state index contributed by atoms with van der Waals surface area (Å²) in [6.45, 7) is 3.31. The summed E-state index contributed by atoms with van der Waals surface area (Å²) < 4.78 is 0. The molecule has 0 saturated carbocycles. The lowest BCUT2D eigenvalue weighted by Gasteiger charge is -2.16. The fourth-order valence-corrected chi connectivity index (χ4v) is 2.27. The Hall–Kier alpha value is -1.35. The van der Waals surface area contributed by atoms with E-state index in [0.29, 0.717) is 11.4 Å². The smallest absolute Gasteiger partial charge is 0.261 e. The van der Waals surface area contributed by atoms with Gasteiger partial charge in [-0.2, -0.15) is 0 Å². The van der Waals surface area contributed by atoms with E-state index in [1.807, 2.05) is 27.1 Å². The normalized spacial score (nSPS) is 11.8. The number of nitrogens with two attached hydrogens (primary N) is 1. The van der Waals surface area contributed by atoms with Gasteiger partial charge < -0.3 is 16.0 Å². The van der Waals surface area contributed by atoms with Crippen molar-refractivity contribution in [3.05, 3.63) is 21.9 Å². The number of thiophene rings is 1. The Morgan fingerprint density at radius 2 is 2.26 bits per heavy atom. The fourth-order valence-electron chi connectivity index (χ4n) is 1.48. The van der Waals surface area contributed by atoms with Crippen molar-refractivity contribution in [3.63, 3.8) is 0 Å². The van der Waals surface area contributed by atoms with Crippen LogP contribution in [0.1, 0.15) is 27.9 Å². The number of carbonyl (C=O) groups excluding carboxylic acids is 1. The summed E-state index contributed by atoms with van der Waals surface area (Å²) >= 11 is 1.40. The minimum absolute atomic E-state index is 0.0305. The van der Waals surface area contributed by atoms with Crippen molar-refractivity contribution >= 4 is 17.2 Å². The first kappa shape index (κ1) is 15.7. The van der Waals surface area contributed by atoms with Crippen LogP contribution < -0.4 is 11.1 Å². The first-order valence-corrected chi connectivity index (χ1v) is 7.09. The van der Waals surface area contributed by atoms with Gasteiger partial charge in [-0.3, -0.25) is 4.79 Å². The van der Waals surface area contributed by atoms with Gasteiger partial charge in [0.15, 0.2) is 0 Å². The standard InChI is InChI=1S/C14H21N3OS/c1-11(8-10-17(2)3)16-14(18)13-7-6-12(19-13)5-4-9-15/h6-7,11H,8-10,15H2,1-3H3,(H,16,18). The number of amides is 1. The second kappa shape index (κ2) is 7.95. The Kier molecular flexibility index (Phi) is 6.57. The molecule has 0 aliphatic carbocycles. The first-order valence-electron chi connectivity index (χ1n) is 6.27. The van der Waals surface area contributed by atoms with Gasteiger partial charge in [0.1, 0.15) is 0 Å². The highest BCUT2D eigenvalue weighted by Gasteiger charge is 2.11. The van der Waals surface area contributed by atoms with Crippen molar-refractivity contribution in [2.24, 2.45) is 5.73 Å². The Bertz CT molecular complexity index is 471. The maximum absolute atomic E-state index is 12.0. The molecule has 104 valence electrons. The highest BCUT2D eigenvalue weighted by molar-refractivity contribution is 7.14.